The van der Waals surface area contributed by atoms with E-state index in [0.29, 0.717) is 4.31 Å². The monoisotopic (exact) mass is 562 g/mol. The van der Waals surface area contributed by atoms with E-state index in [0.717, 1.165) is 43.0 Å². The van der Waals surface area contributed by atoms with Crippen LogP contribution in [-0.2, 0) is 28.9 Å². The Hall–Kier alpha value is -3.37. The fourth-order valence-electron chi connectivity index (χ4n) is 3.80. The van der Waals surface area contributed by atoms with Gasteiger partial charge in [-0.15, -0.1) is 0 Å². The highest BCUT2D eigenvalue weighted by Crippen LogP contribution is 2.39. The number of halogens is 7. The lowest BCUT2D eigenvalue weighted by Gasteiger charge is -2.30. The molecule has 2 aromatic heterocycles. The third-order valence-electron chi connectivity index (χ3n) is 5.58. The zero-order valence-electron chi connectivity index (χ0n) is 19.0. The average molecular weight is 562 g/mol. The van der Waals surface area contributed by atoms with E-state index >= 15 is 0 Å². The van der Waals surface area contributed by atoms with Gasteiger partial charge in [-0.2, -0.15) is 26.3 Å². The number of carbonyl (C=O) groups excluding carboxylic acids is 1. The minimum Gasteiger partial charge on any atom is -0.593 e. The first kappa shape index (κ1) is 27.7. The quantitative estimate of drug-likeness (QED) is 0.360. The second kappa shape index (κ2) is 10.8. The zero-order chi connectivity index (χ0) is 27.7. The molecule has 3 heterocycles. The molecule has 1 amide bonds. The molecule has 8 nitrogen and oxygen atoms in total. The van der Waals surface area contributed by atoms with Gasteiger partial charge in [0.15, 0.2) is 10.9 Å². The van der Waals surface area contributed by atoms with E-state index in [1.807, 2.05) is 0 Å². The van der Waals surface area contributed by atoms with Gasteiger partial charge in [0.1, 0.15) is 18.2 Å². The summed E-state index contributed by atoms with van der Waals surface area (Å²) in [4.78, 5) is 27.2. The van der Waals surface area contributed by atoms with Crippen LogP contribution >= 0.6 is 0 Å². The summed E-state index contributed by atoms with van der Waals surface area (Å²) in [5.74, 6) is -2.84. The summed E-state index contributed by atoms with van der Waals surface area (Å²) in [6.07, 6.45) is -7.28. The van der Waals surface area contributed by atoms with E-state index in [4.69, 9.17) is 0 Å². The molecule has 202 valence electrons. The van der Waals surface area contributed by atoms with Crippen molar-refractivity contribution in [1.82, 2.24) is 29.6 Å². The van der Waals surface area contributed by atoms with Gasteiger partial charge < -0.3 is 9.87 Å². The van der Waals surface area contributed by atoms with E-state index in [1.165, 1.54) is 6.07 Å². The largest absolute Gasteiger partial charge is 0.593 e. The van der Waals surface area contributed by atoms with Gasteiger partial charge in [0.2, 0.25) is 11.7 Å². The van der Waals surface area contributed by atoms with Gasteiger partial charge in [0, 0.05) is 18.0 Å². The fraction of sp³-hybridized carbons (Fsp3) is 0.318. The molecule has 3 aromatic rings. The van der Waals surface area contributed by atoms with Gasteiger partial charge in [-0.25, -0.2) is 24.3 Å². The van der Waals surface area contributed by atoms with Gasteiger partial charge in [0.05, 0.1) is 29.3 Å². The van der Waals surface area contributed by atoms with Crippen molar-refractivity contribution in [2.45, 2.75) is 48.7 Å². The van der Waals surface area contributed by atoms with Gasteiger partial charge in [-0.3, -0.25) is 4.79 Å². The van der Waals surface area contributed by atoms with Crippen LogP contribution in [0.25, 0.3) is 11.3 Å². The number of benzene rings is 1. The van der Waals surface area contributed by atoms with Crippen LogP contribution in [0.4, 0.5) is 30.7 Å². The second-order valence-electron chi connectivity index (χ2n) is 8.12. The molecule has 1 aromatic carbocycles. The minimum atomic E-state index is -4.77. The molecule has 4 rings (SSSR count). The first-order chi connectivity index (χ1) is 17.8. The highest BCUT2D eigenvalue weighted by Gasteiger charge is 2.57. The Balaban J connectivity index is 1.48. The molecular weight excluding hydrogens is 545 g/mol. The number of alkyl halides is 6. The summed E-state index contributed by atoms with van der Waals surface area (Å²) < 4.78 is 106. The topological polar surface area (TPSA) is 107 Å². The average Bonchev–Trinajstić information content (AvgIpc) is 3.33. The molecule has 0 bridgehead atoms. The fourth-order valence-corrected chi connectivity index (χ4v) is 5.30. The maximum atomic E-state index is 13.7. The Kier molecular flexibility index (Phi) is 7.85. The molecule has 38 heavy (non-hydrogen) atoms. The van der Waals surface area contributed by atoms with E-state index in [9.17, 15) is 40.1 Å². The number of nitrogens with one attached hydrogen (secondary N) is 1. The summed E-state index contributed by atoms with van der Waals surface area (Å²) in [7, 11) is 0. The minimum absolute atomic E-state index is 0.0976. The highest BCUT2D eigenvalue weighted by molar-refractivity contribution is 7.89. The number of rotatable bonds is 6. The molecular formula is C22H17F7N6O2S. The van der Waals surface area contributed by atoms with E-state index in [1.54, 1.807) is 0 Å². The molecule has 0 spiro atoms. The second-order valence-corrected chi connectivity index (χ2v) is 9.51. The molecule has 1 fully saturated rings. The maximum Gasteiger partial charge on any atom is 0.451 e. The smallest absolute Gasteiger partial charge is 0.451 e. The van der Waals surface area contributed by atoms with Crippen molar-refractivity contribution in [2.24, 2.45) is 0 Å². The van der Waals surface area contributed by atoms with Crippen LogP contribution < -0.4 is 5.32 Å². The van der Waals surface area contributed by atoms with E-state index in [-0.39, 0.29) is 34.8 Å². The Labute approximate surface area is 213 Å². The summed E-state index contributed by atoms with van der Waals surface area (Å²) in [5.41, 5.74) is 0.479. The third-order valence-corrected chi connectivity index (χ3v) is 7.15. The molecule has 0 aliphatic carbocycles. The number of hydrogen-bond acceptors (Lipinski definition) is 7. The molecule has 1 saturated heterocycles. The molecule has 1 unspecified atom stereocenters. The lowest BCUT2D eigenvalue weighted by molar-refractivity contribution is -0.167. The number of nitrogens with zero attached hydrogens (tertiary/aromatic N) is 5. The van der Waals surface area contributed by atoms with Crippen molar-refractivity contribution in [3.05, 3.63) is 66.4 Å². The van der Waals surface area contributed by atoms with Gasteiger partial charge in [-0.1, -0.05) is 4.31 Å². The summed E-state index contributed by atoms with van der Waals surface area (Å²) in [5, 5.41) is 2.45. The van der Waals surface area contributed by atoms with Crippen molar-refractivity contribution < 1.29 is 40.1 Å². The van der Waals surface area contributed by atoms with Crippen LogP contribution in [0.15, 0.2) is 53.9 Å². The van der Waals surface area contributed by atoms with Crippen molar-refractivity contribution >= 4 is 17.3 Å². The van der Waals surface area contributed by atoms with Crippen LogP contribution in [0.3, 0.4) is 0 Å². The Morgan fingerprint density at radius 1 is 1.03 bits per heavy atom. The number of carbonyl (C=O) groups is 1. The molecule has 0 radical (unpaired) electrons. The van der Waals surface area contributed by atoms with Gasteiger partial charge in [0.25, 0.3) is 0 Å². The molecule has 1 N–H and O–H groups in total. The lowest BCUT2D eigenvalue weighted by atomic mass is 10.2. The molecule has 0 saturated carbocycles. The Morgan fingerprint density at radius 3 is 2.29 bits per heavy atom. The number of hydrogen-bond donors (Lipinski definition) is 1. The first-order valence-electron chi connectivity index (χ1n) is 10.9. The van der Waals surface area contributed by atoms with Crippen molar-refractivity contribution in [1.29, 1.82) is 0 Å². The molecule has 16 heteroatoms. The SMILES string of the molecule is O=C(NCc1cc(-c2cnc(C(F)(F)F)nc2)ncn1)[C@@H]1CC[C@H](C(F)(F)F)N1[S+]([O-])c1ccc(F)cc1. The standard InChI is InChI=1S/C22H17F7N6O2S/c23-13-1-3-15(4-2-13)38(37)35-17(5-6-18(35)21(24,25)26)19(36)30-10-14-7-16(34-11-33-14)12-8-31-20(32-9-12)22(27,28)29/h1-4,7-9,11,17-18H,5-6,10H2,(H,30,36)/t17-,18+,38?/m0/s1. The summed E-state index contributed by atoms with van der Waals surface area (Å²) in [6.45, 7) is -0.264. The van der Waals surface area contributed by atoms with Crippen LogP contribution in [0.5, 0.6) is 0 Å². The normalized spacial score (nSPS) is 19.4. The van der Waals surface area contributed by atoms with Crippen molar-refractivity contribution in [2.75, 3.05) is 0 Å². The number of amides is 1. The van der Waals surface area contributed by atoms with Gasteiger partial charge in [-0.05, 0) is 43.2 Å². The Morgan fingerprint density at radius 2 is 1.68 bits per heavy atom. The third kappa shape index (κ3) is 6.19. The number of aromatic nitrogens is 4. The van der Waals surface area contributed by atoms with Crippen LogP contribution in [0, 0.1) is 5.82 Å². The predicted octanol–water partition coefficient (Wildman–Crippen LogP) is 3.83. The van der Waals surface area contributed by atoms with Crippen LogP contribution in [-0.4, -0.2) is 53.0 Å². The molecule has 1 aliphatic heterocycles. The lowest BCUT2D eigenvalue weighted by Crippen LogP contribution is -2.52. The first-order valence-corrected chi connectivity index (χ1v) is 12.0. The predicted molar refractivity (Wildman–Crippen MR) is 117 cm³/mol. The van der Waals surface area contributed by atoms with Crippen LogP contribution in [0.1, 0.15) is 24.4 Å². The molecule has 3 atom stereocenters. The Bertz CT molecular complexity index is 1270. The maximum absolute atomic E-state index is 13.7. The van der Waals surface area contributed by atoms with Crippen molar-refractivity contribution in [3.8, 4) is 11.3 Å². The van der Waals surface area contributed by atoms with Crippen molar-refractivity contribution in [3.63, 3.8) is 0 Å². The zero-order valence-corrected chi connectivity index (χ0v) is 19.8. The van der Waals surface area contributed by atoms with E-state index < -0.39 is 59.8 Å². The van der Waals surface area contributed by atoms with Gasteiger partial charge >= 0.3 is 12.4 Å². The summed E-state index contributed by atoms with van der Waals surface area (Å²) in [6, 6.07) is 1.85. The van der Waals surface area contributed by atoms with Crippen LogP contribution in [0.2, 0.25) is 0 Å². The highest BCUT2D eigenvalue weighted by atomic mass is 32.2. The summed E-state index contributed by atoms with van der Waals surface area (Å²) >= 11 is -2.41. The molecule has 1 aliphatic rings. The van der Waals surface area contributed by atoms with E-state index in [2.05, 4.69) is 25.3 Å².